The molecule has 0 aliphatic carbocycles. The van der Waals surface area contributed by atoms with Crippen LogP contribution in [0.5, 0.6) is 0 Å². The average molecular weight is 283 g/mol. The normalized spacial score (nSPS) is 39.2. The molecule has 1 unspecified atom stereocenters. The summed E-state index contributed by atoms with van der Waals surface area (Å²) in [7, 11) is 0. The van der Waals surface area contributed by atoms with Crippen LogP contribution in [0.4, 0.5) is 17.3 Å². The van der Waals surface area contributed by atoms with Crippen LogP contribution in [0, 0.1) is 5.21 Å². The van der Waals surface area contributed by atoms with E-state index in [0.29, 0.717) is 0 Å². The molecule has 20 heavy (non-hydrogen) atoms. The van der Waals surface area contributed by atoms with Gasteiger partial charge < -0.3 is 31.0 Å². The van der Waals surface area contributed by atoms with Crippen LogP contribution in [0.25, 0.3) is 0 Å². The zero-order valence-corrected chi connectivity index (χ0v) is 10.2. The third kappa shape index (κ3) is 1.64. The Morgan fingerprint density at radius 3 is 2.75 bits per heavy atom. The molecule has 10 heteroatoms. The number of nitrogens with two attached hydrogens (primary N) is 1. The second kappa shape index (κ2) is 4.41. The first-order valence-corrected chi connectivity index (χ1v) is 5.87. The predicted molar refractivity (Wildman–Crippen MR) is 67.5 cm³/mol. The highest BCUT2D eigenvalue weighted by atomic mass is 16.7. The van der Waals surface area contributed by atoms with Gasteiger partial charge in [0.1, 0.15) is 18.5 Å². The summed E-state index contributed by atoms with van der Waals surface area (Å²) in [5, 5.41) is 41.6. The molecule has 0 spiro atoms. The number of hydroxylamine groups is 2. The van der Waals surface area contributed by atoms with E-state index in [1.807, 2.05) is 0 Å². The molecule has 0 saturated carbocycles. The number of nitrogens with zero attached hydrogens (tertiary/aromatic N) is 4. The fourth-order valence-electron chi connectivity index (χ4n) is 2.34. The average Bonchev–Trinajstić information content (AvgIpc) is 2.92. The molecule has 1 aromatic rings. The van der Waals surface area contributed by atoms with E-state index in [1.165, 1.54) is 0 Å². The summed E-state index contributed by atoms with van der Waals surface area (Å²) < 4.78 is 3.91. The fraction of sp³-hybridized carbons (Fsp3) is 0.500. The largest absolute Gasteiger partial charge is 0.618 e. The van der Waals surface area contributed by atoms with Gasteiger partial charge in [-0.3, -0.25) is 0 Å². The maximum atomic E-state index is 12.9. The Labute approximate surface area is 112 Å². The molecule has 5 atom stereocenters. The van der Waals surface area contributed by atoms with Crippen LogP contribution in [-0.2, 0) is 4.74 Å². The van der Waals surface area contributed by atoms with Gasteiger partial charge in [0.05, 0.1) is 6.61 Å². The van der Waals surface area contributed by atoms with Crippen LogP contribution in [0.2, 0.25) is 0 Å². The number of quaternary nitrogens is 1. The van der Waals surface area contributed by atoms with Crippen molar-refractivity contribution in [2.75, 3.05) is 12.3 Å². The first kappa shape index (κ1) is 13.3. The Kier molecular flexibility index (Phi) is 2.93. The second-order valence-corrected chi connectivity index (χ2v) is 4.61. The summed E-state index contributed by atoms with van der Waals surface area (Å²) in [5.41, 5.74) is 5.71. The molecular formula is C10H13N5O5. The van der Waals surface area contributed by atoms with Gasteiger partial charge >= 0.3 is 0 Å². The highest BCUT2D eigenvalue weighted by Crippen LogP contribution is 2.42. The number of ether oxygens (including phenoxy) is 1. The minimum Gasteiger partial charge on any atom is -0.618 e. The van der Waals surface area contributed by atoms with E-state index in [-0.39, 0.29) is 17.3 Å². The first-order chi connectivity index (χ1) is 9.49. The molecular weight excluding hydrogens is 270 g/mol. The standard InChI is InChI=1S/C10H13N5O5/c11-8-5-9(13-2-12-8)15(19,3-14-5)10-7(18)6(17)4(1-16)20-10/h2-4,6-7,10,16-18H,1H2,(H2,11,12,13)/t4-,6-,7-,10-,15?/m1/s1. The van der Waals surface area contributed by atoms with Crippen molar-refractivity contribution in [3.8, 4) is 0 Å². The number of hydrogen-bond acceptors (Lipinski definition) is 9. The van der Waals surface area contributed by atoms with Crippen molar-refractivity contribution < 1.29 is 20.1 Å². The molecule has 3 rings (SSSR count). The van der Waals surface area contributed by atoms with Crippen LogP contribution in [-0.4, -0.2) is 62.8 Å². The summed E-state index contributed by atoms with van der Waals surface area (Å²) in [6, 6.07) is 0. The van der Waals surface area contributed by atoms with Crippen LogP contribution in [0.15, 0.2) is 11.3 Å². The summed E-state index contributed by atoms with van der Waals surface area (Å²) >= 11 is 0. The molecule has 10 nitrogen and oxygen atoms in total. The molecule has 108 valence electrons. The number of anilines is 1. The minimum absolute atomic E-state index is 0.0360. The predicted octanol–water partition coefficient (Wildman–Crippen LogP) is -2.02. The topological polar surface area (TPSA) is 157 Å². The zero-order chi connectivity index (χ0) is 14.5. The molecule has 0 radical (unpaired) electrons. The summed E-state index contributed by atoms with van der Waals surface area (Å²) in [6.45, 7) is -0.523. The van der Waals surface area contributed by atoms with Crippen molar-refractivity contribution >= 4 is 23.7 Å². The van der Waals surface area contributed by atoms with Gasteiger partial charge in [0.2, 0.25) is 6.23 Å². The van der Waals surface area contributed by atoms with E-state index in [0.717, 1.165) is 12.7 Å². The van der Waals surface area contributed by atoms with E-state index in [2.05, 4.69) is 15.0 Å². The van der Waals surface area contributed by atoms with Crippen LogP contribution in [0.3, 0.4) is 0 Å². The first-order valence-electron chi connectivity index (χ1n) is 5.87. The van der Waals surface area contributed by atoms with Crippen molar-refractivity contribution in [2.45, 2.75) is 24.5 Å². The highest BCUT2D eigenvalue weighted by Gasteiger charge is 2.53. The minimum atomic E-state index is -1.49. The number of nitrogen functional groups attached to an aromatic ring is 1. The number of fused-ring (bicyclic) bond motifs is 1. The number of rotatable bonds is 2. The Morgan fingerprint density at radius 1 is 1.35 bits per heavy atom. The summed E-state index contributed by atoms with van der Waals surface area (Å²) in [5.74, 6) is -0.0406. The fourth-order valence-corrected chi connectivity index (χ4v) is 2.34. The highest BCUT2D eigenvalue weighted by molar-refractivity contribution is 5.91. The molecule has 2 aliphatic heterocycles. The van der Waals surface area contributed by atoms with Gasteiger partial charge in [-0.25, -0.2) is 9.63 Å². The lowest BCUT2D eigenvalue weighted by Gasteiger charge is -2.38. The lowest BCUT2D eigenvalue weighted by molar-refractivity contribution is -0.0548. The van der Waals surface area contributed by atoms with Crippen molar-refractivity contribution in [1.82, 2.24) is 14.6 Å². The molecule has 1 fully saturated rings. The lowest BCUT2D eigenvalue weighted by atomic mass is 10.1. The Morgan fingerprint density at radius 2 is 2.10 bits per heavy atom. The van der Waals surface area contributed by atoms with Gasteiger partial charge in [-0.2, -0.15) is 9.98 Å². The third-order valence-corrected chi connectivity index (χ3v) is 3.42. The summed E-state index contributed by atoms with van der Waals surface area (Å²) in [6.07, 6.45) is -3.22. The van der Waals surface area contributed by atoms with Gasteiger partial charge in [0, 0.05) is 0 Å². The molecule has 5 N–H and O–H groups in total. The molecule has 1 saturated heterocycles. The number of aliphatic hydroxyl groups excluding tert-OH is 3. The van der Waals surface area contributed by atoms with E-state index in [9.17, 15) is 15.4 Å². The zero-order valence-electron chi connectivity index (χ0n) is 10.2. The van der Waals surface area contributed by atoms with Gasteiger partial charge in [-0.1, -0.05) is 0 Å². The van der Waals surface area contributed by atoms with Crippen molar-refractivity contribution in [2.24, 2.45) is 4.99 Å². The Balaban J connectivity index is 2.01. The van der Waals surface area contributed by atoms with E-state index >= 15 is 0 Å². The molecule has 0 aromatic carbocycles. The Hall–Kier alpha value is -1.69. The van der Waals surface area contributed by atoms with Gasteiger partial charge in [0.15, 0.2) is 23.9 Å². The molecule has 0 amide bonds. The lowest BCUT2D eigenvalue weighted by Crippen LogP contribution is -2.55. The SMILES string of the molecule is Nc1ncnc2c1N=C[N+]2([O-])[C@@H]1O[C@H](CO)[C@@H](O)[C@H]1O. The molecule has 2 aliphatic rings. The third-order valence-electron chi connectivity index (χ3n) is 3.42. The van der Waals surface area contributed by atoms with Crippen molar-refractivity contribution in [1.29, 1.82) is 0 Å². The molecule has 0 bridgehead atoms. The van der Waals surface area contributed by atoms with Crippen LogP contribution >= 0.6 is 0 Å². The van der Waals surface area contributed by atoms with Gasteiger partial charge in [-0.15, -0.1) is 0 Å². The van der Waals surface area contributed by atoms with Gasteiger partial charge in [-0.05, 0) is 0 Å². The van der Waals surface area contributed by atoms with Crippen molar-refractivity contribution in [3.63, 3.8) is 0 Å². The van der Waals surface area contributed by atoms with E-state index in [4.69, 9.17) is 15.6 Å². The maximum Gasteiger partial charge on any atom is 0.267 e. The summed E-state index contributed by atoms with van der Waals surface area (Å²) in [4.78, 5) is 11.4. The smallest absolute Gasteiger partial charge is 0.267 e. The second-order valence-electron chi connectivity index (χ2n) is 4.61. The van der Waals surface area contributed by atoms with E-state index < -0.39 is 35.8 Å². The molecule has 3 heterocycles. The number of aliphatic imine (C=N–C) groups is 1. The van der Waals surface area contributed by atoms with Gasteiger partial charge in [0.25, 0.3) is 5.82 Å². The van der Waals surface area contributed by atoms with Crippen LogP contribution in [0.1, 0.15) is 0 Å². The monoisotopic (exact) mass is 283 g/mol. The number of aromatic nitrogens is 2. The Bertz CT molecular complexity index is 569. The quantitative estimate of drug-likeness (QED) is 0.357. The maximum absolute atomic E-state index is 12.9. The van der Waals surface area contributed by atoms with Crippen molar-refractivity contribution in [3.05, 3.63) is 11.5 Å². The molecule has 1 aromatic heterocycles. The van der Waals surface area contributed by atoms with E-state index in [1.54, 1.807) is 0 Å². The number of hydrogen-bond donors (Lipinski definition) is 4. The number of aliphatic hydroxyl groups is 3. The van der Waals surface area contributed by atoms with Crippen LogP contribution < -0.4 is 10.4 Å².